The van der Waals surface area contributed by atoms with Gasteiger partial charge in [0.2, 0.25) is 0 Å². The molecule has 2 rings (SSSR count). The van der Waals surface area contributed by atoms with Crippen molar-refractivity contribution in [1.82, 2.24) is 9.78 Å². The van der Waals surface area contributed by atoms with E-state index in [1.165, 1.54) is 12.1 Å². The van der Waals surface area contributed by atoms with Gasteiger partial charge in [-0.1, -0.05) is 29.0 Å². The standard InChI is InChI=1S/C12H14IN3O3/c13-6-2-1-3-7-15-11-5-4-9(16(18)19)8-10(11)12(17)14-15/h4-5,8H,1-3,6-7H2,(H,14,17). The van der Waals surface area contributed by atoms with Crippen molar-refractivity contribution in [3.05, 3.63) is 38.7 Å². The van der Waals surface area contributed by atoms with Gasteiger partial charge in [-0.3, -0.25) is 24.7 Å². The molecular formula is C12H14IN3O3. The van der Waals surface area contributed by atoms with Crippen molar-refractivity contribution in [3.8, 4) is 0 Å². The number of halogens is 1. The van der Waals surface area contributed by atoms with Crippen LogP contribution in [0.15, 0.2) is 23.0 Å². The third kappa shape index (κ3) is 3.14. The van der Waals surface area contributed by atoms with Crippen molar-refractivity contribution >= 4 is 39.2 Å². The monoisotopic (exact) mass is 375 g/mol. The van der Waals surface area contributed by atoms with Crippen LogP contribution in [0, 0.1) is 10.1 Å². The lowest BCUT2D eigenvalue weighted by Gasteiger charge is -2.03. The first-order valence-electron chi connectivity index (χ1n) is 6.06. The number of unbranched alkanes of at least 4 members (excludes halogenated alkanes) is 2. The van der Waals surface area contributed by atoms with E-state index >= 15 is 0 Å². The van der Waals surface area contributed by atoms with Crippen LogP contribution in [-0.4, -0.2) is 19.1 Å². The first-order valence-corrected chi connectivity index (χ1v) is 7.59. The Morgan fingerprint density at radius 3 is 2.79 bits per heavy atom. The number of hydrogen-bond acceptors (Lipinski definition) is 3. The van der Waals surface area contributed by atoms with Gasteiger partial charge in [0.1, 0.15) is 0 Å². The fraction of sp³-hybridized carbons (Fsp3) is 0.417. The molecule has 0 spiro atoms. The van der Waals surface area contributed by atoms with Crippen LogP contribution in [0.5, 0.6) is 0 Å². The van der Waals surface area contributed by atoms with Crippen LogP contribution in [0.3, 0.4) is 0 Å². The molecule has 0 saturated heterocycles. The molecule has 0 bridgehead atoms. The summed E-state index contributed by atoms with van der Waals surface area (Å²) in [4.78, 5) is 22.0. The Balaban J connectivity index is 2.27. The summed E-state index contributed by atoms with van der Waals surface area (Å²) in [6.45, 7) is 0.729. The van der Waals surface area contributed by atoms with Crippen molar-refractivity contribution in [2.45, 2.75) is 25.8 Å². The molecular weight excluding hydrogens is 361 g/mol. The maximum Gasteiger partial charge on any atom is 0.272 e. The zero-order valence-electron chi connectivity index (χ0n) is 10.3. The molecule has 19 heavy (non-hydrogen) atoms. The molecule has 1 aromatic carbocycles. The SMILES string of the molecule is O=c1[nH]n(CCCCCI)c2ccc([N+](=O)[O-])cc12. The topological polar surface area (TPSA) is 80.9 Å². The van der Waals surface area contributed by atoms with Gasteiger partial charge < -0.3 is 0 Å². The summed E-state index contributed by atoms with van der Waals surface area (Å²) < 4.78 is 2.90. The summed E-state index contributed by atoms with van der Waals surface area (Å²) in [5.41, 5.74) is 0.401. The molecule has 0 radical (unpaired) electrons. The van der Waals surface area contributed by atoms with E-state index in [4.69, 9.17) is 0 Å². The number of aryl methyl sites for hydroxylation is 1. The van der Waals surface area contributed by atoms with Crippen LogP contribution < -0.4 is 5.56 Å². The van der Waals surface area contributed by atoms with Crippen LogP contribution in [0.1, 0.15) is 19.3 Å². The lowest BCUT2D eigenvalue weighted by Crippen LogP contribution is -2.06. The van der Waals surface area contributed by atoms with E-state index in [-0.39, 0.29) is 11.2 Å². The van der Waals surface area contributed by atoms with Gasteiger partial charge in [0.05, 0.1) is 15.8 Å². The fourth-order valence-corrected chi connectivity index (χ4v) is 2.55. The average Bonchev–Trinajstić information content (AvgIpc) is 2.71. The largest absolute Gasteiger partial charge is 0.284 e. The van der Waals surface area contributed by atoms with E-state index in [0.29, 0.717) is 5.39 Å². The maximum atomic E-state index is 11.8. The minimum atomic E-state index is -0.489. The number of H-pyrrole nitrogens is 1. The highest BCUT2D eigenvalue weighted by Gasteiger charge is 2.12. The number of rotatable bonds is 6. The zero-order valence-corrected chi connectivity index (χ0v) is 12.4. The Morgan fingerprint density at radius 1 is 1.32 bits per heavy atom. The first kappa shape index (κ1) is 14.0. The minimum absolute atomic E-state index is 0.0549. The molecule has 2 aromatic rings. The number of nitro benzene ring substituents is 1. The summed E-state index contributed by atoms with van der Waals surface area (Å²) in [6.07, 6.45) is 3.26. The van der Waals surface area contributed by atoms with Crippen molar-refractivity contribution in [3.63, 3.8) is 0 Å². The Bertz CT molecular complexity index is 647. The molecule has 0 aliphatic carbocycles. The zero-order chi connectivity index (χ0) is 13.8. The molecule has 7 heteroatoms. The molecule has 102 valence electrons. The van der Waals surface area contributed by atoms with Crippen LogP contribution in [-0.2, 0) is 6.54 Å². The van der Waals surface area contributed by atoms with Gasteiger partial charge in [0.25, 0.3) is 11.2 Å². The Labute approximate surface area is 123 Å². The van der Waals surface area contributed by atoms with E-state index in [1.807, 2.05) is 0 Å². The van der Waals surface area contributed by atoms with Crippen LogP contribution >= 0.6 is 22.6 Å². The van der Waals surface area contributed by atoms with Crippen molar-refractivity contribution < 1.29 is 4.92 Å². The molecule has 0 unspecified atom stereocenters. The lowest BCUT2D eigenvalue weighted by molar-refractivity contribution is -0.384. The van der Waals surface area contributed by atoms with E-state index in [2.05, 4.69) is 27.7 Å². The average molecular weight is 375 g/mol. The third-order valence-electron chi connectivity index (χ3n) is 2.98. The summed E-state index contributed by atoms with van der Waals surface area (Å²) >= 11 is 2.34. The number of aromatic nitrogens is 2. The minimum Gasteiger partial charge on any atom is -0.284 e. The summed E-state index contributed by atoms with van der Waals surface area (Å²) in [6, 6.07) is 4.39. The predicted octanol–water partition coefficient (Wildman–Crippen LogP) is 2.84. The van der Waals surface area contributed by atoms with Gasteiger partial charge in [0.15, 0.2) is 0 Å². The molecule has 1 N–H and O–H groups in total. The summed E-state index contributed by atoms with van der Waals surface area (Å²) in [5.74, 6) is 0. The lowest BCUT2D eigenvalue weighted by atomic mass is 10.2. The smallest absolute Gasteiger partial charge is 0.272 e. The van der Waals surface area contributed by atoms with Crippen molar-refractivity contribution in [2.24, 2.45) is 0 Å². The number of benzene rings is 1. The summed E-state index contributed by atoms with van der Waals surface area (Å²) in [7, 11) is 0. The Hall–Kier alpha value is -1.38. The molecule has 0 amide bonds. The van der Waals surface area contributed by atoms with Gasteiger partial charge in [-0.2, -0.15) is 0 Å². The van der Waals surface area contributed by atoms with Gasteiger partial charge in [-0.25, -0.2) is 0 Å². The molecule has 0 fully saturated rings. The number of nitrogens with zero attached hydrogens (tertiary/aromatic N) is 2. The second-order valence-electron chi connectivity index (χ2n) is 4.30. The number of nitrogens with one attached hydrogen (secondary N) is 1. The number of fused-ring (bicyclic) bond motifs is 1. The molecule has 0 atom stereocenters. The van der Waals surface area contributed by atoms with Crippen molar-refractivity contribution in [1.29, 1.82) is 0 Å². The number of aromatic amines is 1. The third-order valence-corrected chi connectivity index (χ3v) is 3.74. The number of non-ortho nitro benzene ring substituents is 1. The molecule has 0 aliphatic rings. The fourth-order valence-electron chi connectivity index (χ4n) is 2.02. The predicted molar refractivity (Wildman–Crippen MR) is 82.0 cm³/mol. The number of alkyl halides is 1. The van der Waals surface area contributed by atoms with E-state index in [0.717, 1.165) is 35.8 Å². The van der Waals surface area contributed by atoms with Gasteiger partial charge in [-0.05, 0) is 23.3 Å². The molecule has 1 heterocycles. The van der Waals surface area contributed by atoms with Gasteiger partial charge in [-0.15, -0.1) is 0 Å². The molecule has 1 aromatic heterocycles. The van der Waals surface area contributed by atoms with Gasteiger partial charge >= 0.3 is 0 Å². The van der Waals surface area contributed by atoms with E-state index in [1.54, 1.807) is 10.7 Å². The second-order valence-corrected chi connectivity index (χ2v) is 5.38. The number of nitro groups is 1. The quantitative estimate of drug-likeness (QED) is 0.277. The normalized spacial score (nSPS) is 11.0. The Kier molecular flexibility index (Phi) is 4.56. The molecule has 6 nitrogen and oxygen atoms in total. The Morgan fingerprint density at radius 2 is 2.11 bits per heavy atom. The molecule has 0 saturated carbocycles. The number of hydrogen-bond donors (Lipinski definition) is 1. The van der Waals surface area contributed by atoms with Crippen molar-refractivity contribution in [2.75, 3.05) is 4.43 Å². The van der Waals surface area contributed by atoms with Crippen LogP contribution in [0.25, 0.3) is 10.9 Å². The van der Waals surface area contributed by atoms with Crippen LogP contribution in [0.4, 0.5) is 5.69 Å². The summed E-state index contributed by atoms with van der Waals surface area (Å²) in [5, 5.41) is 13.8. The van der Waals surface area contributed by atoms with E-state index < -0.39 is 4.92 Å². The first-order chi connectivity index (χ1) is 9.13. The maximum absolute atomic E-state index is 11.8. The van der Waals surface area contributed by atoms with E-state index in [9.17, 15) is 14.9 Å². The second kappa shape index (κ2) is 6.18. The van der Waals surface area contributed by atoms with Crippen LogP contribution in [0.2, 0.25) is 0 Å². The van der Waals surface area contributed by atoms with Gasteiger partial charge in [0, 0.05) is 18.7 Å². The highest BCUT2D eigenvalue weighted by Crippen LogP contribution is 2.18. The highest BCUT2D eigenvalue weighted by molar-refractivity contribution is 14.1. The molecule has 0 aliphatic heterocycles. The highest BCUT2D eigenvalue weighted by atomic mass is 127.